The smallest absolute Gasteiger partial charge is 0.221 e. The quantitative estimate of drug-likeness (QED) is 0.597. The molecule has 1 N–H and O–H groups in total. The first-order valence-electron chi connectivity index (χ1n) is 9.36. The van der Waals surface area contributed by atoms with Crippen LogP contribution in [0.3, 0.4) is 0 Å². The molecule has 0 saturated carbocycles. The van der Waals surface area contributed by atoms with Crippen molar-refractivity contribution in [2.75, 3.05) is 38.3 Å². The number of hydrogen-bond donors (Lipinski definition) is 1. The standard InChI is InChI=1S/C20H30N4O2S/c1-15(2)14-24(11-9-19(25)21-10-12-26-4)20-22-18(23-27-20)13-17-7-5-16(3)6-8-17/h5-8,15H,9-14H2,1-4H3,(H,21,25). The number of aromatic nitrogens is 2. The lowest BCUT2D eigenvalue weighted by Crippen LogP contribution is -2.34. The van der Waals surface area contributed by atoms with Gasteiger partial charge in [0.25, 0.3) is 0 Å². The molecule has 1 heterocycles. The lowest BCUT2D eigenvalue weighted by Gasteiger charge is -2.23. The lowest BCUT2D eigenvalue weighted by molar-refractivity contribution is -0.121. The topological polar surface area (TPSA) is 67.3 Å². The molecule has 1 aromatic heterocycles. The van der Waals surface area contributed by atoms with E-state index in [-0.39, 0.29) is 5.91 Å². The summed E-state index contributed by atoms with van der Waals surface area (Å²) in [5.41, 5.74) is 2.45. The van der Waals surface area contributed by atoms with Crippen LogP contribution in [0.15, 0.2) is 24.3 Å². The fourth-order valence-corrected chi connectivity index (χ4v) is 3.38. The van der Waals surface area contributed by atoms with Gasteiger partial charge in [-0.2, -0.15) is 4.37 Å². The largest absolute Gasteiger partial charge is 0.383 e. The summed E-state index contributed by atoms with van der Waals surface area (Å²) in [6.07, 6.45) is 1.16. The average molecular weight is 391 g/mol. The Morgan fingerprint density at radius 3 is 2.70 bits per heavy atom. The summed E-state index contributed by atoms with van der Waals surface area (Å²) in [4.78, 5) is 18.9. The number of ether oxygens (including phenoxy) is 1. The second-order valence-electron chi connectivity index (χ2n) is 7.09. The fourth-order valence-electron chi connectivity index (χ4n) is 2.66. The Balaban J connectivity index is 1.96. The highest BCUT2D eigenvalue weighted by molar-refractivity contribution is 7.09. The monoisotopic (exact) mass is 390 g/mol. The van der Waals surface area contributed by atoms with Crippen LogP contribution in [0.5, 0.6) is 0 Å². The summed E-state index contributed by atoms with van der Waals surface area (Å²) in [6.45, 7) is 8.97. The van der Waals surface area contributed by atoms with E-state index in [4.69, 9.17) is 9.72 Å². The minimum Gasteiger partial charge on any atom is -0.383 e. The molecule has 0 aliphatic rings. The van der Waals surface area contributed by atoms with Gasteiger partial charge in [-0.25, -0.2) is 4.98 Å². The third kappa shape index (κ3) is 7.64. The van der Waals surface area contributed by atoms with Gasteiger partial charge >= 0.3 is 0 Å². The summed E-state index contributed by atoms with van der Waals surface area (Å²) in [6, 6.07) is 8.45. The summed E-state index contributed by atoms with van der Waals surface area (Å²) in [5, 5.41) is 3.75. The van der Waals surface area contributed by atoms with Gasteiger partial charge in [0.05, 0.1) is 6.61 Å². The molecule has 0 saturated heterocycles. The van der Waals surface area contributed by atoms with Crippen molar-refractivity contribution in [2.45, 2.75) is 33.6 Å². The van der Waals surface area contributed by atoms with Gasteiger partial charge in [-0.1, -0.05) is 43.7 Å². The number of anilines is 1. The molecule has 0 aliphatic carbocycles. The number of carbonyl (C=O) groups excluding carboxylic acids is 1. The molecule has 148 valence electrons. The van der Waals surface area contributed by atoms with Crippen LogP contribution in [-0.4, -0.2) is 48.6 Å². The number of nitrogens with one attached hydrogen (secondary N) is 1. The Hall–Kier alpha value is -1.99. The van der Waals surface area contributed by atoms with E-state index in [9.17, 15) is 4.79 Å². The molecule has 0 aliphatic heterocycles. The summed E-state index contributed by atoms with van der Waals surface area (Å²) >= 11 is 1.41. The Bertz CT molecular complexity index is 700. The molecule has 0 spiro atoms. The molecule has 1 aromatic carbocycles. The van der Waals surface area contributed by atoms with Crippen molar-refractivity contribution < 1.29 is 9.53 Å². The molecule has 0 atom stereocenters. The maximum atomic E-state index is 12.0. The summed E-state index contributed by atoms with van der Waals surface area (Å²) in [5.74, 6) is 1.34. The predicted molar refractivity (Wildman–Crippen MR) is 110 cm³/mol. The van der Waals surface area contributed by atoms with Gasteiger partial charge in [-0.05, 0) is 18.4 Å². The van der Waals surface area contributed by atoms with Crippen molar-refractivity contribution in [1.82, 2.24) is 14.7 Å². The molecule has 27 heavy (non-hydrogen) atoms. The van der Waals surface area contributed by atoms with Gasteiger partial charge in [-0.15, -0.1) is 0 Å². The maximum Gasteiger partial charge on any atom is 0.221 e. The highest BCUT2D eigenvalue weighted by Crippen LogP contribution is 2.20. The van der Waals surface area contributed by atoms with E-state index in [2.05, 4.69) is 59.6 Å². The van der Waals surface area contributed by atoms with E-state index in [0.717, 1.165) is 23.9 Å². The van der Waals surface area contributed by atoms with Crippen LogP contribution in [0.4, 0.5) is 5.13 Å². The first-order chi connectivity index (χ1) is 13.0. The molecule has 0 fully saturated rings. The number of methoxy groups -OCH3 is 1. The van der Waals surface area contributed by atoms with E-state index < -0.39 is 0 Å². The Kier molecular flexibility index (Phi) is 8.67. The van der Waals surface area contributed by atoms with Crippen LogP contribution >= 0.6 is 11.5 Å². The summed E-state index contributed by atoms with van der Waals surface area (Å²) in [7, 11) is 1.63. The normalized spacial score (nSPS) is 11.0. The van der Waals surface area contributed by atoms with Gasteiger partial charge in [0.1, 0.15) is 5.82 Å². The second kappa shape index (κ2) is 11.0. The number of nitrogens with zero attached hydrogens (tertiary/aromatic N) is 3. The first-order valence-corrected chi connectivity index (χ1v) is 10.1. The van der Waals surface area contributed by atoms with Crippen LogP contribution in [0, 0.1) is 12.8 Å². The minimum absolute atomic E-state index is 0.0326. The van der Waals surface area contributed by atoms with Crippen molar-refractivity contribution >= 4 is 22.6 Å². The van der Waals surface area contributed by atoms with E-state index in [0.29, 0.717) is 32.0 Å². The zero-order chi connectivity index (χ0) is 19.6. The number of hydrogen-bond acceptors (Lipinski definition) is 6. The second-order valence-corrected chi connectivity index (χ2v) is 7.82. The molecule has 2 rings (SSSR count). The molecule has 1 amide bonds. The molecule has 0 bridgehead atoms. The van der Waals surface area contributed by atoms with E-state index in [1.54, 1.807) is 7.11 Å². The van der Waals surface area contributed by atoms with Crippen molar-refractivity contribution in [3.8, 4) is 0 Å². The SMILES string of the molecule is COCCNC(=O)CCN(CC(C)C)c1nc(Cc2ccc(C)cc2)ns1. The Morgan fingerprint density at radius 2 is 2.04 bits per heavy atom. The van der Waals surface area contributed by atoms with Crippen LogP contribution in [0.1, 0.15) is 37.2 Å². The van der Waals surface area contributed by atoms with Crippen LogP contribution in [-0.2, 0) is 16.0 Å². The third-order valence-corrected chi connectivity index (χ3v) is 4.85. The molecular weight excluding hydrogens is 360 g/mol. The fraction of sp³-hybridized carbons (Fsp3) is 0.550. The third-order valence-electron chi connectivity index (χ3n) is 4.03. The lowest BCUT2D eigenvalue weighted by atomic mass is 10.1. The van der Waals surface area contributed by atoms with E-state index in [1.165, 1.54) is 22.7 Å². The number of amides is 1. The van der Waals surface area contributed by atoms with Crippen LogP contribution < -0.4 is 10.2 Å². The van der Waals surface area contributed by atoms with Crippen LogP contribution in [0.2, 0.25) is 0 Å². The predicted octanol–water partition coefficient (Wildman–Crippen LogP) is 3.05. The van der Waals surface area contributed by atoms with Crippen molar-refractivity contribution in [1.29, 1.82) is 0 Å². The highest BCUT2D eigenvalue weighted by Gasteiger charge is 2.16. The number of aryl methyl sites for hydroxylation is 1. The highest BCUT2D eigenvalue weighted by atomic mass is 32.1. The Morgan fingerprint density at radius 1 is 1.30 bits per heavy atom. The van der Waals surface area contributed by atoms with Crippen LogP contribution in [0.25, 0.3) is 0 Å². The number of rotatable bonds is 11. The average Bonchev–Trinajstić information content (AvgIpc) is 3.09. The zero-order valence-electron chi connectivity index (χ0n) is 16.7. The molecule has 7 heteroatoms. The van der Waals surface area contributed by atoms with Gasteiger partial charge in [0.15, 0.2) is 0 Å². The zero-order valence-corrected chi connectivity index (χ0v) is 17.5. The van der Waals surface area contributed by atoms with Gasteiger partial charge in [-0.3, -0.25) is 4.79 Å². The number of benzene rings is 1. The van der Waals surface area contributed by atoms with E-state index in [1.807, 2.05) is 0 Å². The van der Waals surface area contributed by atoms with Gasteiger partial charge in [0.2, 0.25) is 11.0 Å². The maximum absolute atomic E-state index is 12.0. The van der Waals surface area contributed by atoms with Crippen molar-refractivity contribution in [2.24, 2.45) is 5.92 Å². The summed E-state index contributed by atoms with van der Waals surface area (Å²) < 4.78 is 9.48. The Labute approximate surface area is 166 Å². The van der Waals surface area contributed by atoms with E-state index >= 15 is 0 Å². The molecular formula is C20H30N4O2S. The first kappa shape index (κ1) is 21.3. The molecule has 0 radical (unpaired) electrons. The van der Waals surface area contributed by atoms with Crippen molar-refractivity contribution in [3.63, 3.8) is 0 Å². The van der Waals surface area contributed by atoms with Gasteiger partial charge in [0, 0.05) is 51.1 Å². The number of carbonyl (C=O) groups is 1. The molecule has 6 nitrogen and oxygen atoms in total. The molecule has 2 aromatic rings. The van der Waals surface area contributed by atoms with Crippen molar-refractivity contribution in [3.05, 3.63) is 41.2 Å². The minimum atomic E-state index is 0.0326. The molecule has 0 unspecified atom stereocenters. The van der Waals surface area contributed by atoms with Gasteiger partial charge < -0.3 is 15.0 Å².